The lowest BCUT2D eigenvalue weighted by molar-refractivity contribution is 0.0939. The number of nitrogens with zero attached hydrogens (tertiary/aromatic N) is 1. The smallest absolute Gasteiger partial charge is 0.251 e. The van der Waals surface area contributed by atoms with Crippen molar-refractivity contribution in [1.82, 2.24) is 9.88 Å². The molecule has 0 spiro atoms. The fourth-order valence-electron chi connectivity index (χ4n) is 1.70. The van der Waals surface area contributed by atoms with Crippen molar-refractivity contribution >= 4 is 5.91 Å². The summed E-state index contributed by atoms with van der Waals surface area (Å²) in [5, 5.41) is 2.95. The Hall–Kier alpha value is -2.03. The van der Waals surface area contributed by atoms with E-state index in [9.17, 15) is 4.79 Å². The average molecular weight is 242 g/mol. The summed E-state index contributed by atoms with van der Waals surface area (Å²) < 4.78 is 2.01. The van der Waals surface area contributed by atoms with Crippen molar-refractivity contribution in [3.8, 4) is 5.69 Å². The van der Waals surface area contributed by atoms with Crippen LogP contribution in [-0.2, 0) is 0 Å². The van der Waals surface area contributed by atoms with Gasteiger partial charge in [0.05, 0.1) is 0 Å². The Kier molecular flexibility index (Phi) is 3.82. The third-order valence-corrected chi connectivity index (χ3v) is 3.02. The molecule has 1 aromatic heterocycles. The molecule has 2 aromatic rings. The van der Waals surface area contributed by atoms with Crippen LogP contribution in [0.1, 0.15) is 30.6 Å². The largest absolute Gasteiger partial charge is 0.350 e. The molecule has 0 saturated carbocycles. The molecule has 1 aromatic carbocycles. The number of amides is 1. The molecule has 0 saturated heterocycles. The zero-order valence-corrected chi connectivity index (χ0v) is 10.8. The highest BCUT2D eigenvalue weighted by Gasteiger charge is 2.08. The Balaban J connectivity index is 2.10. The lowest BCUT2D eigenvalue weighted by Gasteiger charge is -2.11. The molecule has 2 rings (SSSR count). The second-order valence-electron chi connectivity index (χ2n) is 4.42. The highest BCUT2D eigenvalue weighted by molar-refractivity contribution is 5.94. The first-order valence-electron chi connectivity index (χ1n) is 6.25. The predicted octanol–water partition coefficient (Wildman–Crippen LogP) is 3.01. The lowest BCUT2D eigenvalue weighted by atomic mass is 10.1. The normalized spacial score (nSPS) is 12.1. The van der Waals surface area contributed by atoms with Gasteiger partial charge in [0, 0.05) is 29.7 Å². The van der Waals surface area contributed by atoms with Crippen LogP contribution in [-0.4, -0.2) is 16.5 Å². The maximum Gasteiger partial charge on any atom is 0.251 e. The Bertz CT molecular complexity index is 500. The molecule has 1 atom stereocenters. The molecule has 0 aliphatic carbocycles. The zero-order valence-electron chi connectivity index (χ0n) is 10.8. The van der Waals surface area contributed by atoms with E-state index in [0.717, 1.165) is 12.1 Å². The van der Waals surface area contributed by atoms with Crippen LogP contribution in [0.3, 0.4) is 0 Å². The fraction of sp³-hybridized carbons (Fsp3) is 0.267. The van der Waals surface area contributed by atoms with Crippen LogP contribution in [0.15, 0.2) is 48.8 Å². The van der Waals surface area contributed by atoms with Crippen LogP contribution in [0.5, 0.6) is 0 Å². The lowest BCUT2D eigenvalue weighted by Crippen LogP contribution is -2.31. The van der Waals surface area contributed by atoms with Crippen molar-refractivity contribution in [2.75, 3.05) is 0 Å². The van der Waals surface area contributed by atoms with Gasteiger partial charge in [-0.1, -0.05) is 6.92 Å². The van der Waals surface area contributed by atoms with E-state index < -0.39 is 0 Å². The van der Waals surface area contributed by atoms with Gasteiger partial charge in [0.2, 0.25) is 0 Å². The van der Waals surface area contributed by atoms with Gasteiger partial charge in [-0.15, -0.1) is 0 Å². The first-order chi connectivity index (χ1) is 8.70. The van der Waals surface area contributed by atoms with Gasteiger partial charge in [0.1, 0.15) is 0 Å². The van der Waals surface area contributed by atoms with E-state index in [4.69, 9.17) is 0 Å². The molecular formula is C15H18N2O. The number of hydrogen-bond acceptors (Lipinski definition) is 1. The van der Waals surface area contributed by atoms with E-state index >= 15 is 0 Å². The molecule has 1 unspecified atom stereocenters. The van der Waals surface area contributed by atoms with Gasteiger partial charge in [0.15, 0.2) is 0 Å². The number of benzene rings is 1. The molecule has 0 fully saturated rings. The van der Waals surface area contributed by atoms with Crippen molar-refractivity contribution in [1.29, 1.82) is 0 Å². The third kappa shape index (κ3) is 2.80. The van der Waals surface area contributed by atoms with Crippen LogP contribution < -0.4 is 5.32 Å². The summed E-state index contributed by atoms with van der Waals surface area (Å²) in [5.41, 5.74) is 1.76. The molecule has 3 nitrogen and oxygen atoms in total. The highest BCUT2D eigenvalue weighted by Crippen LogP contribution is 2.10. The van der Waals surface area contributed by atoms with Crippen LogP contribution in [0, 0.1) is 0 Å². The first kappa shape index (κ1) is 12.4. The van der Waals surface area contributed by atoms with Crippen molar-refractivity contribution < 1.29 is 4.79 Å². The summed E-state index contributed by atoms with van der Waals surface area (Å²) in [6.45, 7) is 4.06. The standard InChI is InChI=1S/C15H18N2O/c1-3-12(2)16-15(18)13-6-8-14(9-7-13)17-10-4-5-11-17/h4-12H,3H2,1-2H3,(H,16,18). The molecular weight excluding hydrogens is 224 g/mol. The summed E-state index contributed by atoms with van der Waals surface area (Å²) in [6.07, 6.45) is 4.90. The second-order valence-corrected chi connectivity index (χ2v) is 4.42. The van der Waals surface area contributed by atoms with Gasteiger partial charge in [-0.2, -0.15) is 0 Å². The zero-order chi connectivity index (χ0) is 13.0. The molecule has 0 aliphatic rings. The van der Waals surface area contributed by atoms with Gasteiger partial charge in [-0.05, 0) is 49.7 Å². The van der Waals surface area contributed by atoms with Gasteiger partial charge in [-0.3, -0.25) is 4.79 Å². The minimum absolute atomic E-state index is 0.0107. The topological polar surface area (TPSA) is 34.0 Å². The number of rotatable bonds is 4. The molecule has 18 heavy (non-hydrogen) atoms. The molecule has 1 heterocycles. The number of hydrogen-bond donors (Lipinski definition) is 1. The van der Waals surface area contributed by atoms with Gasteiger partial charge in [0.25, 0.3) is 5.91 Å². The molecule has 1 amide bonds. The van der Waals surface area contributed by atoms with E-state index in [0.29, 0.717) is 5.56 Å². The Labute approximate surface area is 107 Å². The summed E-state index contributed by atoms with van der Waals surface area (Å²) in [4.78, 5) is 11.9. The summed E-state index contributed by atoms with van der Waals surface area (Å²) in [5.74, 6) is -0.0107. The van der Waals surface area contributed by atoms with Crippen molar-refractivity contribution in [2.45, 2.75) is 26.3 Å². The molecule has 3 heteroatoms. The number of carbonyl (C=O) groups excluding carboxylic acids is 1. The van der Waals surface area contributed by atoms with Crippen LogP contribution in [0.25, 0.3) is 5.69 Å². The predicted molar refractivity (Wildman–Crippen MR) is 73.0 cm³/mol. The highest BCUT2D eigenvalue weighted by atomic mass is 16.1. The minimum Gasteiger partial charge on any atom is -0.350 e. The summed E-state index contributed by atoms with van der Waals surface area (Å²) >= 11 is 0. The maximum absolute atomic E-state index is 11.9. The van der Waals surface area contributed by atoms with E-state index in [1.54, 1.807) is 0 Å². The number of nitrogens with one attached hydrogen (secondary N) is 1. The Morgan fingerprint density at radius 3 is 2.39 bits per heavy atom. The van der Waals surface area contributed by atoms with Gasteiger partial charge < -0.3 is 9.88 Å². The molecule has 94 valence electrons. The van der Waals surface area contributed by atoms with Crippen LogP contribution in [0.2, 0.25) is 0 Å². The van der Waals surface area contributed by atoms with Crippen LogP contribution in [0.4, 0.5) is 0 Å². The second kappa shape index (κ2) is 5.54. The molecule has 1 N–H and O–H groups in total. The molecule has 0 radical (unpaired) electrons. The van der Waals surface area contributed by atoms with Crippen molar-refractivity contribution in [3.63, 3.8) is 0 Å². The monoisotopic (exact) mass is 242 g/mol. The minimum atomic E-state index is -0.0107. The molecule has 0 aliphatic heterocycles. The van der Waals surface area contributed by atoms with Gasteiger partial charge >= 0.3 is 0 Å². The number of carbonyl (C=O) groups is 1. The van der Waals surface area contributed by atoms with E-state index in [-0.39, 0.29) is 11.9 Å². The van der Waals surface area contributed by atoms with E-state index in [2.05, 4.69) is 12.2 Å². The van der Waals surface area contributed by atoms with Gasteiger partial charge in [-0.25, -0.2) is 0 Å². The quantitative estimate of drug-likeness (QED) is 0.878. The van der Waals surface area contributed by atoms with Crippen molar-refractivity contribution in [3.05, 3.63) is 54.4 Å². The third-order valence-electron chi connectivity index (χ3n) is 3.02. The average Bonchev–Trinajstić information content (AvgIpc) is 2.92. The van der Waals surface area contributed by atoms with Crippen LogP contribution >= 0.6 is 0 Å². The summed E-state index contributed by atoms with van der Waals surface area (Å²) in [6, 6.07) is 11.8. The molecule has 0 bridgehead atoms. The SMILES string of the molecule is CCC(C)NC(=O)c1ccc(-n2cccc2)cc1. The first-order valence-corrected chi connectivity index (χ1v) is 6.25. The van der Waals surface area contributed by atoms with Crippen molar-refractivity contribution in [2.24, 2.45) is 0 Å². The Morgan fingerprint density at radius 2 is 1.83 bits per heavy atom. The van der Waals surface area contributed by atoms with E-state index in [1.807, 2.05) is 60.3 Å². The Morgan fingerprint density at radius 1 is 1.22 bits per heavy atom. The fourth-order valence-corrected chi connectivity index (χ4v) is 1.70. The maximum atomic E-state index is 11.9. The van der Waals surface area contributed by atoms with E-state index in [1.165, 1.54) is 0 Å². The summed E-state index contributed by atoms with van der Waals surface area (Å²) in [7, 11) is 0. The number of aromatic nitrogens is 1.